The fourth-order valence-corrected chi connectivity index (χ4v) is 14.7. The van der Waals surface area contributed by atoms with E-state index in [2.05, 4.69) is 140 Å². The van der Waals surface area contributed by atoms with Crippen LogP contribution in [0.3, 0.4) is 0 Å². The fourth-order valence-electron chi connectivity index (χ4n) is 14.7. The van der Waals surface area contributed by atoms with Crippen LogP contribution in [0.25, 0.3) is 120 Å². The van der Waals surface area contributed by atoms with Gasteiger partial charge in [0, 0.05) is 67.0 Å². The summed E-state index contributed by atoms with van der Waals surface area (Å²) < 4.78 is 151. The Kier molecular flexibility index (Phi) is 7.26. The number of hydrogen-bond acceptors (Lipinski definition) is 2. The van der Waals surface area contributed by atoms with Gasteiger partial charge < -0.3 is 18.9 Å². The van der Waals surface area contributed by atoms with Gasteiger partial charge in [0.15, 0.2) is 0 Å². The van der Waals surface area contributed by atoms with Crippen molar-refractivity contribution >= 4 is 165 Å². The first-order valence-corrected chi connectivity index (χ1v) is 29.2. The zero-order valence-electron chi connectivity index (χ0n) is 63.2. The number of hydrogen-bond donors (Lipinski definition) is 0. The van der Waals surface area contributed by atoms with Crippen molar-refractivity contribution in [3.05, 3.63) is 284 Å². The molecule has 0 amide bonds. The van der Waals surface area contributed by atoms with Crippen LogP contribution in [-0.4, -0.2) is 15.8 Å². The van der Waals surface area contributed by atoms with Gasteiger partial charge in [0.1, 0.15) is 0 Å². The summed E-state index contributed by atoms with van der Waals surface area (Å²) in [5.74, 6) is 0. The van der Waals surface area contributed by atoms with Gasteiger partial charge >= 0.3 is 0 Å². The number of benzene rings is 15. The van der Waals surface area contributed by atoms with Crippen LogP contribution in [-0.2, 0) is 5.41 Å². The normalized spacial score (nSPS) is 15.7. The molecule has 15 aromatic carbocycles. The van der Waals surface area contributed by atoms with E-state index in [1.807, 2.05) is 72.8 Å². The van der Waals surface area contributed by atoms with Crippen molar-refractivity contribution < 1.29 is 21.9 Å². The maximum atomic E-state index is 9.64. The van der Waals surface area contributed by atoms with E-state index in [0.29, 0.717) is 22.7 Å². The zero-order chi connectivity index (χ0) is 71.3. The van der Waals surface area contributed by atoms with Crippen LogP contribution in [0.4, 0.5) is 34.1 Å². The van der Waals surface area contributed by atoms with E-state index >= 15 is 0 Å². The molecule has 87 heavy (non-hydrogen) atoms. The summed E-state index contributed by atoms with van der Waals surface area (Å²) in [6, 6.07) is 54.7. The lowest BCUT2D eigenvalue weighted by atomic mass is 9.33. The maximum Gasteiger partial charge on any atom is 0.252 e. The Hall–Kier alpha value is -10.9. The van der Waals surface area contributed by atoms with E-state index in [1.54, 1.807) is 9.13 Å². The van der Waals surface area contributed by atoms with Crippen molar-refractivity contribution in [3.63, 3.8) is 0 Å². The van der Waals surface area contributed by atoms with Gasteiger partial charge in [-0.25, -0.2) is 0 Å². The minimum absolute atomic E-state index is 0.0285. The third kappa shape index (κ3) is 6.80. The molecule has 0 unspecified atom stereocenters. The van der Waals surface area contributed by atoms with Gasteiger partial charge in [0.2, 0.25) is 0 Å². The third-order valence-electron chi connectivity index (χ3n) is 18.5. The van der Waals surface area contributed by atoms with Crippen molar-refractivity contribution in [2.75, 3.05) is 9.80 Å². The van der Waals surface area contributed by atoms with Crippen molar-refractivity contribution in [2.24, 2.45) is 0 Å². The Morgan fingerprint density at radius 1 is 0.287 bits per heavy atom. The number of fused-ring (bicyclic) bond motifs is 22. The van der Waals surface area contributed by atoms with Crippen molar-refractivity contribution in [2.45, 2.75) is 26.2 Å². The van der Waals surface area contributed by atoms with E-state index in [9.17, 15) is 11.0 Å². The molecule has 0 fully saturated rings. The topological polar surface area (TPSA) is 16.3 Å². The van der Waals surface area contributed by atoms with Gasteiger partial charge in [-0.2, -0.15) is 0 Å². The summed E-state index contributed by atoms with van der Waals surface area (Å²) in [4.78, 5) is 4.50. The van der Waals surface area contributed by atoms with Crippen LogP contribution in [0, 0.1) is 0 Å². The van der Waals surface area contributed by atoms with Crippen LogP contribution in [0.2, 0.25) is 0 Å². The van der Waals surface area contributed by atoms with Gasteiger partial charge in [-0.1, -0.05) is 215 Å². The standard InChI is InChI=1S/C82H55BN4/c1-82(2,3)50-44-79-81-80(45-50)87(52-37-41-64-60-25-7-5-21-56(60)58-23-9-11-27-62(58)70(64)47-52)78-49-54(85-75-34-18-14-30-67(75)68-31-15-19-35-76(68)85)39-43-72(78)83(81)71-42-38-53(84-73-32-16-12-28-65(73)66-29-13-17-33-74(66)84)48-77(71)86(79)51-36-40-63-59-24-6-4-20-55(59)57-22-8-10-26-61(57)69(63)46-51/h4-49H,1-3H3/i12D,13D,14D,15D,16D,17D,18D,19D,28D,29D,30D,31D,32D,33D,34D,35D. The lowest BCUT2D eigenvalue weighted by Crippen LogP contribution is -2.61. The second-order valence-electron chi connectivity index (χ2n) is 24.0. The lowest BCUT2D eigenvalue weighted by Gasteiger charge is -2.45. The summed E-state index contributed by atoms with van der Waals surface area (Å²) in [5, 5.41) is 12.4. The quantitative estimate of drug-likeness (QED) is 0.129. The average molecular weight is 1120 g/mol. The average Bonchev–Trinajstić information content (AvgIpc) is 1.69. The summed E-state index contributed by atoms with van der Waals surface area (Å²) in [6.07, 6.45) is 0. The molecule has 0 N–H and O–H groups in total. The van der Waals surface area contributed by atoms with Crippen LogP contribution in [0.15, 0.2) is 279 Å². The van der Waals surface area contributed by atoms with Crippen molar-refractivity contribution in [3.8, 4) is 11.4 Å². The molecule has 406 valence electrons. The number of aromatic nitrogens is 2. The minimum Gasteiger partial charge on any atom is -0.311 e. The van der Waals surface area contributed by atoms with E-state index < -0.39 is 109 Å². The highest BCUT2D eigenvalue weighted by Crippen LogP contribution is 2.50. The lowest BCUT2D eigenvalue weighted by molar-refractivity contribution is 0.590. The molecule has 0 spiro atoms. The molecule has 4 heterocycles. The minimum atomic E-state index is -0.657. The largest absolute Gasteiger partial charge is 0.311 e. The highest BCUT2D eigenvalue weighted by Gasteiger charge is 2.45. The molecular formula is C82H55BN4. The number of para-hydroxylation sites is 4. The van der Waals surface area contributed by atoms with E-state index in [1.165, 1.54) is 0 Å². The first-order chi connectivity index (χ1) is 49.5. The smallest absolute Gasteiger partial charge is 0.252 e. The Morgan fingerprint density at radius 3 is 0.920 bits per heavy atom. The van der Waals surface area contributed by atoms with Gasteiger partial charge in [-0.3, -0.25) is 0 Å². The predicted molar refractivity (Wildman–Crippen MR) is 373 cm³/mol. The Labute approximate surface area is 526 Å². The maximum absolute atomic E-state index is 9.64. The first-order valence-electron chi connectivity index (χ1n) is 37.2. The molecule has 2 aliphatic rings. The summed E-state index contributed by atoms with van der Waals surface area (Å²) >= 11 is 0. The summed E-state index contributed by atoms with van der Waals surface area (Å²) in [7, 11) is 0. The second kappa shape index (κ2) is 17.8. The molecule has 4 nitrogen and oxygen atoms in total. The Morgan fingerprint density at radius 2 is 0.586 bits per heavy atom. The molecule has 19 rings (SSSR count). The SMILES string of the molecule is [2H]c1c([2H])c([2H])c2c(c1[2H])c1c([2H])c([2H])c([2H])c([2H])c1n2-c1ccc2c(c1)N(c1ccc3c4ccccc4c4ccccc4c3c1)c1cc(C(C)(C)C)cc3c1B2c1ccc(-n2c4c([2H])c([2H])c([2H])c([2H])c4c4c([2H])c([2H])c([2H])c([2H])c42)cc1N3c1ccc2c3ccccc3c3ccccc3c2c1. The molecule has 0 aliphatic carbocycles. The molecule has 2 aromatic heterocycles. The fraction of sp³-hybridized carbons (Fsp3) is 0.0488. The second-order valence-corrected chi connectivity index (χ2v) is 24.0. The van der Waals surface area contributed by atoms with Crippen LogP contribution < -0.4 is 26.2 Å². The molecule has 0 saturated heterocycles. The zero-order valence-corrected chi connectivity index (χ0v) is 47.2. The van der Waals surface area contributed by atoms with E-state index in [-0.39, 0.29) is 43.6 Å². The monoisotopic (exact) mass is 1120 g/mol. The van der Waals surface area contributed by atoms with E-state index in [4.69, 9.17) is 11.0 Å². The van der Waals surface area contributed by atoms with Crippen LogP contribution >= 0.6 is 0 Å². The van der Waals surface area contributed by atoms with Crippen molar-refractivity contribution in [1.82, 2.24) is 9.13 Å². The van der Waals surface area contributed by atoms with Crippen LogP contribution in [0.5, 0.6) is 0 Å². The van der Waals surface area contributed by atoms with Gasteiger partial charge in [-0.05, 0) is 177 Å². The van der Waals surface area contributed by atoms with Gasteiger partial charge in [0.25, 0.3) is 6.71 Å². The van der Waals surface area contributed by atoms with Gasteiger partial charge in [0.05, 0.1) is 44.0 Å². The number of rotatable bonds is 4. The van der Waals surface area contributed by atoms with Gasteiger partial charge in [-0.15, -0.1) is 0 Å². The molecule has 0 atom stereocenters. The Bertz CT molecular complexity index is 6230. The number of nitrogens with zero attached hydrogens (tertiary/aromatic N) is 4. The number of anilines is 6. The van der Waals surface area contributed by atoms with E-state index in [0.717, 1.165) is 109 Å². The summed E-state index contributed by atoms with van der Waals surface area (Å²) in [5.41, 5.74) is 7.80. The molecule has 0 bridgehead atoms. The molecule has 5 heteroatoms. The van der Waals surface area contributed by atoms with Crippen molar-refractivity contribution in [1.29, 1.82) is 0 Å². The predicted octanol–water partition coefficient (Wildman–Crippen LogP) is 20.2. The molecule has 2 aliphatic heterocycles. The third-order valence-corrected chi connectivity index (χ3v) is 18.5. The highest BCUT2D eigenvalue weighted by molar-refractivity contribution is 7.00. The molecule has 0 saturated carbocycles. The molecule has 0 radical (unpaired) electrons. The summed E-state index contributed by atoms with van der Waals surface area (Å²) in [6.45, 7) is 5.83. The first kappa shape index (κ1) is 35.4. The van der Waals surface area contributed by atoms with Crippen LogP contribution in [0.1, 0.15) is 48.3 Å². The molecular weight excluding hydrogens is 1050 g/mol. The molecule has 17 aromatic rings. The highest BCUT2D eigenvalue weighted by atomic mass is 15.2. The Balaban J connectivity index is 0.978.